The maximum Gasteiger partial charge on any atom is 0.246 e. The Labute approximate surface area is 129 Å². The van der Waals surface area contributed by atoms with Gasteiger partial charge in [0.1, 0.15) is 0 Å². The van der Waals surface area contributed by atoms with E-state index in [0.29, 0.717) is 19.4 Å². The van der Waals surface area contributed by atoms with E-state index in [1.54, 1.807) is 18.4 Å². The Bertz CT molecular complexity index is 513. The van der Waals surface area contributed by atoms with Crippen LogP contribution in [-0.2, 0) is 16.1 Å². The standard InChI is InChI=1S/C14H22N4O2S/c1-4-18(5-2)14-16-9-10(21-14)8-15-11-6-7-12(19)17(3)13(11)20/h9,11,15H,4-8H2,1-3H3. The molecule has 1 aromatic heterocycles. The molecular formula is C14H22N4O2S. The highest BCUT2D eigenvalue weighted by Crippen LogP contribution is 2.22. The quantitative estimate of drug-likeness (QED) is 0.801. The minimum Gasteiger partial charge on any atom is -0.349 e. The normalized spacial score (nSPS) is 19.2. The van der Waals surface area contributed by atoms with E-state index in [1.165, 1.54) is 4.90 Å². The number of anilines is 1. The van der Waals surface area contributed by atoms with E-state index >= 15 is 0 Å². The predicted molar refractivity (Wildman–Crippen MR) is 83.3 cm³/mol. The third kappa shape index (κ3) is 3.59. The molecule has 6 nitrogen and oxygen atoms in total. The molecule has 0 aromatic carbocycles. The van der Waals surface area contributed by atoms with E-state index in [4.69, 9.17) is 0 Å². The van der Waals surface area contributed by atoms with E-state index in [0.717, 1.165) is 23.1 Å². The Morgan fingerprint density at radius 2 is 2.14 bits per heavy atom. The Morgan fingerprint density at radius 1 is 1.43 bits per heavy atom. The van der Waals surface area contributed by atoms with E-state index in [2.05, 4.69) is 29.0 Å². The predicted octanol–water partition coefficient (Wildman–Crippen LogP) is 1.23. The van der Waals surface area contributed by atoms with Gasteiger partial charge in [0.05, 0.1) is 6.04 Å². The molecule has 1 unspecified atom stereocenters. The van der Waals surface area contributed by atoms with Crippen LogP contribution in [0.1, 0.15) is 31.6 Å². The summed E-state index contributed by atoms with van der Waals surface area (Å²) in [4.78, 5) is 32.4. The summed E-state index contributed by atoms with van der Waals surface area (Å²) < 4.78 is 0. The first-order chi connectivity index (χ1) is 10.1. The monoisotopic (exact) mass is 310 g/mol. The first-order valence-electron chi connectivity index (χ1n) is 7.30. The van der Waals surface area contributed by atoms with Gasteiger partial charge in [-0.2, -0.15) is 0 Å². The van der Waals surface area contributed by atoms with Gasteiger partial charge in [-0.3, -0.25) is 14.5 Å². The highest BCUT2D eigenvalue weighted by Gasteiger charge is 2.31. The number of hydrogen-bond acceptors (Lipinski definition) is 6. The van der Waals surface area contributed by atoms with Gasteiger partial charge in [0.25, 0.3) is 0 Å². The lowest BCUT2D eigenvalue weighted by Gasteiger charge is -2.28. The number of likely N-dealkylation sites (N-methyl/N-ethyl adjacent to an activating group) is 1. The number of thiazole rings is 1. The number of piperidine rings is 1. The molecule has 116 valence electrons. The molecule has 21 heavy (non-hydrogen) atoms. The Kier molecular flexibility index (Phi) is 5.30. The average molecular weight is 310 g/mol. The topological polar surface area (TPSA) is 65.5 Å². The fraction of sp³-hybridized carbons (Fsp3) is 0.643. The van der Waals surface area contributed by atoms with Crippen LogP contribution in [0.5, 0.6) is 0 Å². The van der Waals surface area contributed by atoms with Gasteiger partial charge in [-0.05, 0) is 20.3 Å². The molecule has 1 atom stereocenters. The number of imide groups is 1. The number of carbonyl (C=O) groups excluding carboxylic acids is 2. The molecule has 1 saturated heterocycles. The molecule has 0 aliphatic carbocycles. The number of nitrogens with one attached hydrogen (secondary N) is 1. The zero-order valence-electron chi connectivity index (χ0n) is 12.8. The molecule has 0 spiro atoms. The molecule has 1 aliphatic heterocycles. The largest absolute Gasteiger partial charge is 0.349 e. The van der Waals surface area contributed by atoms with E-state index in [-0.39, 0.29) is 17.9 Å². The molecule has 0 saturated carbocycles. The molecule has 7 heteroatoms. The first-order valence-corrected chi connectivity index (χ1v) is 8.11. The zero-order chi connectivity index (χ0) is 15.4. The molecule has 1 N–H and O–H groups in total. The van der Waals surface area contributed by atoms with Crippen molar-refractivity contribution in [3.8, 4) is 0 Å². The number of hydrogen-bond donors (Lipinski definition) is 1. The second-order valence-electron chi connectivity index (χ2n) is 5.04. The smallest absolute Gasteiger partial charge is 0.246 e. The molecule has 2 heterocycles. The van der Waals surface area contributed by atoms with Crippen LogP contribution in [0.15, 0.2) is 6.20 Å². The average Bonchev–Trinajstić information content (AvgIpc) is 2.94. The third-order valence-corrected chi connectivity index (χ3v) is 4.81. The summed E-state index contributed by atoms with van der Waals surface area (Å²) in [6, 6.07) is -0.272. The number of carbonyl (C=O) groups is 2. The van der Waals surface area contributed by atoms with Crippen LogP contribution < -0.4 is 10.2 Å². The van der Waals surface area contributed by atoms with Crippen LogP contribution in [0.4, 0.5) is 5.13 Å². The molecule has 2 rings (SSSR count). The second kappa shape index (κ2) is 7.00. The number of aromatic nitrogens is 1. The molecule has 1 aliphatic rings. The van der Waals surface area contributed by atoms with Gasteiger partial charge < -0.3 is 10.2 Å². The van der Waals surface area contributed by atoms with Crippen molar-refractivity contribution in [2.75, 3.05) is 25.0 Å². The molecule has 1 aromatic rings. The van der Waals surface area contributed by atoms with Crippen molar-refractivity contribution in [3.05, 3.63) is 11.1 Å². The molecule has 0 radical (unpaired) electrons. The summed E-state index contributed by atoms with van der Waals surface area (Å²) in [5.41, 5.74) is 0. The fourth-order valence-electron chi connectivity index (χ4n) is 2.35. The van der Waals surface area contributed by atoms with E-state index in [1.807, 2.05) is 6.20 Å². The van der Waals surface area contributed by atoms with Crippen molar-refractivity contribution in [2.45, 2.75) is 39.3 Å². The summed E-state index contributed by atoms with van der Waals surface area (Å²) >= 11 is 1.64. The van der Waals surface area contributed by atoms with E-state index < -0.39 is 0 Å². The zero-order valence-corrected chi connectivity index (χ0v) is 13.6. The number of nitrogens with zero attached hydrogens (tertiary/aromatic N) is 3. The van der Waals surface area contributed by atoms with Crippen LogP contribution in [0.25, 0.3) is 0 Å². The highest BCUT2D eigenvalue weighted by molar-refractivity contribution is 7.15. The highest BCUT2D eigenvalue weighted by atomic mass is 32.1. The van der Waals surface area contributed by atoms with Gasteiger partial charge in [0.2, 0.25) is 11.8 Å². The SMILES string of the molecule is CCN(CC)c1ncc(CNC2CCC(=O)N(C)C2=O)s1. The van der Waals surface area contributed by atoms with Crippen molar-refractivity contribution < 1.29 is 9.59 Å². The van der Waals surface area contributed by atoms with Crippen molar-refractivity contribution in [3.63, 3.8) is 0 Å². The van der Waals surface area contributed by atoms with Crippen molar-refractivity contribution >= 4 is 28.3 Å². The lowest BCUT2D eigenvalue weighted by Crippen LogP contribution is -2.51. The number of amides is 2. The first kappa shape index (κ1) is 15.9. The number of likely N-dealkylation sites (tertiary alicyclic amines) is 1. The molecular weight excluding hydrogens is 288 g/mol. The minimum atomic E-state index is -0.272. The van der Waals surface area contributed by atoms with Crippen LogP contribution in [0.2, 0.25) is 0 Å². The van der Waals surface area contributed by atoms with Gasteiger partial charge in [-0.1, -0.05) is 0 Å². The van der Waals surface area contributed by atoms with Gasteiger partial charge in [0, 0.05) is 44.2 Å². The minimum absolute atomic E-state index is 0.0975. The summed E-state index contributed by atoms with van der Waals surface area (Å²) in [6.07, 6.45) is 2.85. The fourth-order valence-corrected chi connectivity index (χ4v) is 3.34. The van der Waals surface area contributed by atoms with Gasteiger partial charge in [-0.15, -0.1) is 11.3 Å². The van der Waals surface area contributed by atoms with Gasteiger partial charge >= 0.3 is 0 Å². The van der Waals surface area contributed by atoms with Gasteiger partial charge in [0.15, 0.2) is 5.13 Å². The third-order valence-electron chi connectivity index (χ3n) is 3.75. The molecule has 1 fully saturated rings. The maximum absolute atomic E-state index is 12.0. The summed E-state index contributed by atoms with van der Waals surface area (Å²) in [6.45, 7) is 6.69. The Morgan fingerprint density at radius 3 is 2.81 bits per heavy atom. The molecule has 2 amide bonds. The van der Waals surface area contributed by atoms with Crippen LogP contribution in [0, 0.1) is 0 Å². The van der Waals surface area contributed by atoms with Crippen LogP contribution in [0.3, 0.4) is 0 Å². The lowest BCUT2D eigenvalue weighted by molar-refractivity contribution is -0.148. The summed E-state index contributed by atoms with van der Waals surface area (Å²) in [5, 5.41) is 4.25. The Balaban J connectivity index is 1.91. The van der Waals surface area contributed by atoms with Crippen molar-refractivity contribution in [2.24, 2.45) is 0 Å². The Hall–Kier alpha value is -1.47. The van der Waals surface area contributed by atoms with Gasteiger partial charge in [-0.25, -0.2) is 4.98 Å². The van der Waals surface area contributed by atoms with Crippen molar-refractivity contribution in [1.29, 1.82) is 0 Å². The number of rotatable bonds is 6. The summed E-state index contributed by atoms with van der Waals surface area (Å²) in [5.74, 6) is -0.237. The second-order valence-corrected chi connectivity index (χ2v) is 6.14. The molecule has 0 bridgehead atoms. The van der Waals surface area contributed by atoms with E-state index in [9.17, 15) is 9.59 Å². The lowest BCUT2D eigenvalue weighted by atomic mass is 10.0. The maximum atomic E-state index is 12.0. The summed E-state index contributed by atoms with van der Waals surface area (Å²) in [7, 11) is 1.55. The van der Waals surface area contributed by atoms with Crippen LogP contribution in [-0.4, -0.2) is 47.9 Å². The van der Waals surface area contributed by atoms with Crippen LogP contribution >= 0.6 is 11.3 Å². The van der Waals surface area contributed by atoms with Crippen molar-refractivity contribution in [1.82, 2.24) is 15.2 Å².